The lowest BCUT2D eigenvalue weighted by atomic mass is 10.1. The Balaban J connectivity index is 0. The summed E-state index contributed by atoms with van der Waals surface area (Å²) in [5, 5.41) is 10.8. The lowest BCUT2D eigenvalue weighted by molar-refractivity contribution is 0.193. The molecule has 0 aliphatic rings. The molecule has 2 N–H and O–H groups in total. The van der Waals surface area contributed by atoms with Crippen molar-refractivity contribution in [3.63, 3.8) is 0 Å². The smallest absolute Gasteiger partial charge is 0.405 e. The maximum Gasteiger partial charge on any atom is 0.405 e. The third kappa shape index (κ3) is 12.2. The first-order valence-corrected chi connectivity index (χ1v) is 5.72. The Morgan fingerprint density at radius 3 is 2.43 bits per heavy atom. The van der Waals surface area contributed by atoms with Gasteiger partial charge in [0.2, 0.25) is 0 Å². The van der Waals surface area contributed by atoms with E-state index in [0.717, 1.165) is 12.8 Å². The molecule has 86 valence electrons. The zero-order valence-electron chi connectivity index (χ0n) is 8.46. The fourth-order valence-corrected chi connectivity index (χ4v) is 1.65. The minimum absolute atomic E-state index is 0. The van der Waals surface area contributed by atoms with Gasteiger partial charge in [-0.25, -0.2) is 4.79 Å². The predicted octanol–water partition coefficient (Wildman–Crippen LogP) is 3.91. The van der Waals surface area contributed by atoms with Crippen LogP contribution in [-0.4, -0.2) is 16.2 Å². The molecule has 14 heavy (non-hydrogen) atoms. The van der Waals surface area contributed by atoms with Crippen LogP contribution in [0.25, 0.3) is 0 Å². The largest absolute Gasteiger partial charge is 0.465 e. The van der Waals surface area contributed by atoms with Gasteiger partial charge in [-0.3, -0.25) is 0 Å². The summed E-state index contributed by atoms with van der Waals surface area (Å²) in [6.45, 7) is 2.18. The van der Waals surface area contributed by atoms with E-state index in [4.69, 9.17) is 5.11 Å². The fourth-order valence-electron chi connectivity index (χ4n) is 1.13. The van der Waals surface area contributed by atoms with Gasteiger partial charge in [0.25, 0.3) is 0 Å². The first kappa shape index (κ1) is 16.7. The number of amides is 1. The van der Waals surface area contributed by atoms with Crippen LogP contribution in [0, 0.1) is 0 Å². The normalized spacial score (nSPS) is 11.6. The van der Waals surface area contributed by atoms with Crippen LogP contribution in [-0.2, 0) is 0 Å². The topological polar surface area (TPSA) is 49.3 Å². The summed E-state index contributed by atoms with van der Waals surface area (Å²) in [4.78, 5) is 10.1. The molecule has 0 fully saturated rings. The van der Waals surface area contributed by atoms with E-state index >= 15 is 0 Å². The molecule has 5 heteroatoms. The van der Waals surface area contributed by atoms with Gasteiger partial charge in [0.05, 0.1) is 4.95 Å². The molecule has 0 aromatic heterocycles. The van der Waals surface area contributed by atoms with Crippen molar-refractivity contribution in [2.45, 2.75) is 50.4 Å². The summed E-state index contributed by atoms with van der Waals surface area (Å²) in [7, 11) is 0. The number of alkyl halides is 1. The number of halogens is 2. The second kappa shape index (κ2) is 11.3. The lowest BCUT2D eigenvalue weighted by Gasteiger charge is -2.08. The summed E-state index contributed by atoms with van der Waals surface area (Å²) >= 11 is 3.26. The van der Waals surface area contributed by atoms with E-state index in [1.165, 1.54) is 25.7 Å². The summed E-state index contributed by atoms with van der Waals surface area (Å²) in [6, 6.07) is 0. The number of unbranched alkanes of at least 4 members (excludes halogenated alkanes) is 4. The summed E-state index contributed by atoms with van der Waals surface area (Å²) in [5.41, 5.74) is 0. The van der Waals surface area contributed by atoms with Crippen molar-refractivity contribution >= 4 is 39.0 Å². The molecule has 0 radical (unpaired) electrons. The van der Waals surface area contributed by atoms with E-state index < -0.39 is 6.09 Å². The molecule has 0 aromatic carbocycles. The second-order valence-electron chi connectivity index (χ2n) is 3.12. The molecule has 1 unspecified atom stereocenters. The highest BCUT2D eigenvalue weighted by atomic mass is 79.9. The van der Waals surface area contributed by atoms with Gasteiger partial charge < -0.3 is 10.4 Å². The third-order valence-electron chi connectivity index (χ3n) is 1.84. The molecule has 0 heterocycles. The maximum atomic E-state index is 10.2. The predicted molar refractivity (Wildman–Crippen MR) is 67.6 cm³/mol. The Hall–Kier alpha value is 0.230. The third-order valence-corrected chi connectivity index (χ3v) is 2.53. The molecular weight excluding hydrogens is 314 g/mol. The van der Waals surface area contributed by atoms with E-state index in [1.54, 1.807) is 0 Å². The van der Waals surface area contributed by atoms with Crippen molar-refractivity contribution in [2.75, 3.05) is 0 Å². The number of hydrogen-bond donors (Lipinski definition) is 2. The van der Waals surface area contributed by atoms with Crippen molar-refractivity contribution in [3.05, 3.63) is 0 Å². The Morgan fingerprint density at radius 2 is 1.93 bits per heavy atom. The molecule has 1 amide bonds. The highest BCUT2D eigenvalue weighted by Gasteiger charge is 2.05. The van der Waals surface area contributed by atoms with Crippen molar-refractivity contribution in [1.82, 2.24) is 5.32 Å². The molecule has 1 atom stereocenters. The van der Waals surface area contributed by atoms with E-state index in [2.05, 4.69) is 28.2 Å². The van der Waals surface area contributed by atoms with Gasteiger partial charge in [-0.2, -0.15) is 0 Å². The van der Waals surface area contributed by atoms with E-state index in [9.17, 15) is 4.79 Å². The van der Waals surface area contributed by atoms with E-state index in [0.29, 0.717) is 0 Å². The van der Waals surface area contributed by atoms with Crippen LogP contribution in [0.2, 0.25) is 0 Å². The van der Waals surface area contributed by atoms with Gasteiger partial charge in [-0.1, -0.05) is 55.0 Å². The minimum Gasteiger partial charge on any atom is -0.465 e. The van der Waals surface area contributed by atoms with Crippen LogP contribution in [0.5, 0.6) is 0 Å². The fraction of sp³-hybridized carbons (Fsp3) is 0.889. The number of carbonyl (C=O) groups is 1. The quantitative estimate of drug-likeness (QED) is 0.422. The molecule has 0 rings (SSSR count). The monoisotopic (exact) mass is 331 g/mol. The minimum atomic E-state index is -0.963. The standard InChI is InChI=1S/C9H18BrNO2.BrH/c1-2-3-4-5-6-7-8(10)11-9(12)13;/h8,11H,2-7H2,1H3,(H,12,13);1H. The maximum absolute atomic E-state index is 10.2. The molecule has 0 aromatic rings. The second-order valence-corrected chi connectivity index (χ2v) is 4.23. The van der Waals surface area contributed by atoms with Gasteiger partial charge in [0, 0.05) is 0 Å². The highest BCUT2D eigenvalue weighted by Crippen LogP contribution is 2.10. The van der Waals surface area contributed by atoms with Crippen molar-refractivity contribution in [1.29, 1.82) is 0 Å². The van der Waals surface area contributed by atoms with Gasteiger partial charge >= 0.3 is 6.09 Å². The molecule has 0 spiro atoms. The zero-order chi connectivity index (χ0) is 10.1. The first-order valence-electron chi connectivity index (χ1n) is 4.80. The lowest BCUT2D eigenvalue weighted by Crippen LogP contribution is -2.28. The number of rotatable bonds is 7. The molecule has 3 nitrogen and oxygen atoms in total. The molecule has 0 aliphatic heterocycles. The summed E-state index contributed by atoms with van der Waals surface area (Å²) < 4.78 is 0. The zero-order valence-corrected chi connectivity index (χ0v) is 11.8. The van der Waals surface area contributed by atoms with Crippen LogP contribution in [0.4, 0.5) is 4.79 Å². The Bertz CT molecular complexity index is 145. The van der Waals surface area contributed by atoms with Gasteiger partial charge in [0.1, 0.15) is 0 Å². The number of nitrogens with one attached hydrogen (secondary N) is 1. The average molecular weight is 333 g/mol. The summed E-state index contributed by atoms with van der Waals surface area (Å²) in [5.74, 6) is 0. The van der Waals surface area contributed by atoms with Crippen LogP contribution in [0.1, 0.15) is 45.4 Å². The summed E-state index contributed by atoms with van der Waals surface area (Å²) in [6.07, 6.45) is 5.95. The Morgan fingerprint density at radius 1 is 1.36 bits per heavy atom. The van der Waals surface area contributed by atoms with Crippen LogP contribution < -0.4 is 5.32 Å². The van der Waals surface area contributed by atoms with Crippen molar-refractivity contribution in [2.24, 2.45) is 0 Å². The molecule has 0 saturated carbocycles. The van der Waals surface area contributed by atoms with E-state index in [-0.39, 0.29) is 21.9 Å². The van der Waals surface area contributed by atoms with Crippen LogP contribution >= 0.6 is 32.9 Å². The SMILES string of the molecule is Br.CCCCCCCC(Br)NC(=O)O. The van der Waals surface area contributed by atoms with Crippen molar-refractivity contribution < 1.29 is 9.90 Å². The molecule has 0 bridgehead atoms. The Labute approximate surface area is 105 Å². The van der Waals surface area contributed by atoms with Crippen LogP contribution in [0.3, 0.4) is 0 Å². The van der Waals surface area contributed by atoms with Gasteiger partial charge in [0.15, 0.2) is 0 Å². The van der Waals surface area contributed by atoms with Gasteiger partial charge in [-0.05, 0) is 6.42 Å². The Kier molecular flexibility index (Phi) is 13.4. The average Bonchev–Trinajstić information content (AvgIpc) is 2.02. The molecular formula is C9H19Br2NO2. The number of hydrogen-bond acceptors (Lipinski definition) is 1. The van der Waals surface area contributed by atoms with Crippen molar-refractivity contribution in [3.8, 4) is 0 Å². The highest BCUT2D eigenvalue weighted by molar-refractivity contribution is 9.09. The van der Waals surface area contributed by atoms with E-state index in [1.807, 2.05) is 0 Å². The first-order chi connectivity index (χ1) is 6.16. The van der Waals surface area contributed by atoms with Crippen LogP contribution in [0.15, 0.2) is 0 Å². The number of carboxylic acid groups (broad SMARTS) is 1. The molecule has 0 saturated heterocycles. The van der Waals surface area contributed by atoms with Gasteiger partial charge in [-0.15, -0.1) is 17.0 Å². The molecule has 0 aliphatic carbocycles.